The standard InChI is InChI=1S/C24H25Br2N3O2/c1-2-31-24(30)18-12-17(18)19-13-20(15-9-6-10-16(25)11-15)29-23(27-19)21(26)22(28-29)14-7-4-3-5-8-14/h3-11,17-21,23,27H,2,12-13H2,1H3. The molecule has 7 heteroatoms. The highest BCUT2D eigenvalue weighted by Crippen LogP contribution is 2.48. The summed E-state index contributed by atoms with van der Waals surface area (Å²) in [6, 6.07) is 19.2. The Bertz CT molecular complexity index is 999. The second-order valence-corrected chi connectivity index (χ2v) is 10.3. The SMILES string of the molecule is CCOC(=O)C1CC1C1CC(c2cccc(Br)c2)N2N=C(c3ccccc3)C(Br)C2N1. The van der Waals surface area contributed by atoms with Crippen molar-refractivity contribution in [1.82, 2.24) is 10.3 Å². The van der Waals surface area contributed by atoms with E-state index in [2.05, 4.69) is 72.5 Å². The molecule has 0 aromatic heterocycles. The number of esters is 1. The molecule has 2 aromatic rings. The molecule has 0 radical (unpaired) electrons. The summed E-state index contributed by atoms with van der Waals surface area (Å²) in [5.41, 5.74) is 3.40. The van der Waals surface area contributed by atoms with Crippen LogP contribution >= 0.6 is 31.9 Å². The van der Waals surface area contributed by atoms with Gasteiger partial charge >= 0.3 is 5.97 Å². The van der Waals surface area contributed by atoms with Gasteiger partial charge in [-0.2, -0.15) is 5.10 Å². The van der Waals surface area contributed by atoms with Gasteiger partial charge in [-0.3, -0.25) is 15.1 Å². The number of hydrazone groups is 1. The van der Waals surface area contributed by atoms with Gasteiger partial charge in [0.15, 0.2) is 0 Å². The van der Waals surface area contributed by atoms with Crippen LogP contribution in [0.4, 0.5) is 0 Å². The van der Waals surface area contributed by atoms with E-state index in [9.17, 15) is 4.79 Å². The van der Waals surface area contributed by atoms with E-state index in [0.29, 0.717) is 12.5 Å². The van der Waals surface area contributed by atoms with E-state index >= 15 is 0 Å². The molecule has 31 heavy (non-hydrogen) atoms. The Hall–Kier alpha value is -1.70. The summed E-state index contributed by atoms with van der Waals surface area (Å²) in [5, 5.41) is 11.1. The fraction of sp³-hybridized carbons (Fsp3) is 0.417. The number of ether oxygens (including phenoxy) is 1. The monoisotopic (exact) mass is 545 g/mol. The number of carbonyl (C=O) groups is 1. The number of fused-ring (bicyclic) bond motifs is 1. The lowest BCUT2D eigenvalue weighted by Crippen LogP contribution is -2.57. The van der Waals surface area contributed by atoms with Gasteiger partial charge < -0.3 is 4.74 Å². The molecule has 2 aromatic carbocycles. The predicted molar refractivity (Wildman–Crippen MR) is 128 cm³/mol. The fourth-order valence-electron chi connectivity index (χ4n) is 4.89. The molecule has 5 nitrogen and oxygen atoms in total. The summed E-state index contributed by atoms with van der Waals surface area (Å²) in [6.45, 7) is 2.31. The van der Waals surface area contributed by atoms with Crippen LogP contribution < -0.4 is 5.32 Å². The molecule has 1 aliphatic carbocycles. The molecule has 1 saturated carbocycles. The highest BCUT2D eigenvalue weighted by atomic mass is 79.9. The van der Waals surface area contributed by atoms with Crippen LogP contribution in [-0.2, 0) is 9.53 Å². The van der Waals surface area contributed by atoms with Crippen molar-refractivity contribution >= 4 is 43.5 Å². The van der Waals surface area contributed by atoms with Gasteiger partial charge in [-0.05, 0) is 48.9 Å². The van der Waals surface area contributed by atoms with Crippen LogP contribution in [0.15, 0.2) is 64.2 Å². The summed E-state index contributed by atoms with van der Waals surface area (Å²) in [7, 11) is 0. The molecule has 2 fully saturated rings. The summed E-state index contributed by atoms with van der Waals surface area (Å²) in [6.07, 6.45) is 1.83. The molecular formula is C24H25Br2N3O2. The number of carbonyl (C=O) groups excluding carboxylic acids is 1. The lowest BCUT2D eigenvalue weighted by Gasteiger charge is -2.43. The molecule has 1 N–H and O–H groups in total. The number of hydrogen-bond acceptors (Lipinski definition) is 5. The summed E-state index contributed by atoms with van der Waals surface area (Å²) >= 11 is 7.55. The summed E-state index contributed by atoms with van der Waals surface area (Å²) < 4.78 is 6.35. The quantitative estimate of drug-likeness (QED) is 0.430. The minimum absolute atomic E-state index is 0.0110. The van der Waals surface area contributed by atoms with E-state index < -0.39 is 0 Å². The molecule has 3 aliphatic rings. The summed E-state index contributed by atoms with van der Waals surface area (Å²) in [4.78, 5) is 12.3. The Kier molecular flexibility index (Phi) is 5.92. The van der Waals surface area contributed by atoms with Gasteiger partial charge in [0.1, 0.15) is 6.17 Å². The zero-order valence-corrected chi connectivity index (χ0v) is 20.4. The molecule has 6 atom stereocenters. The molecule has 5 rings (SSSR count). The molecule has 1 saturated heterocycles. The zero-order valence-electron chi connectivity index (χ0n) is 17.2. The Morgan fingerprint density at radius 3 is 2.74 bits per heavy atom. The van der Waals surface area contributed by atoms with Crippen molar-refractivity contribution in [2.24, 2.45) is 16.9 Å². The molecule has 0 spiro atoms. The Balaban J connectivity index is 1.45. The first-order valence-electron chi connectivity index (χ1n) is 10.8. The van der Waals surface area contributed by atoms with Gasteiger partial charge in [0, 0.05) is 10.5 Å². The van der Waals surface area contributed by atoms with E-state index in [1.54, 1.807) is 0 Å². The van der Waals surface area contributed by atoms with Gasteiger partial charge in [-0.1, -0.05) is 74.3 Å². The third-order valence-electron chi connectivity index (χ3n) is 6.48. The fourth-order valence-corrected chi connectivity index (χ4v) is 6.06. The Morgan fingerprint density at radius 2 is 2.00 bits per heavy atom. The second-order valence-electron chi connectivity index (χ2n) is 8.42. The average molecular weight is 547 g/mol. The smallest absolute Gasteiger partial charge is 0.309 e. The highest BCUT2D eigenvalue weighted by Gasteiger charge is 2.54. The average Bonchev–Trinajstić information content (AvgIpc) is 3.52. The number of nitrogens with zero attached hydrogens (tertiary/aromatic N) is 2. The maximum absolute atomic E-state index is 12.3. The lowest BCUT2D eigenvalue weighted by molar-refractivity contribution is -0.145. The van der Waals surface area contributed by atoms with Crippen LogP contribution in [0.5, 0.6) is 0 Å². The van der Waals surface area contributed by atoms with Crippen LogP contribution in [0, 0.1) is 11.8 Å². The predicted octanol–water partition coefficient (Wildman–Crippen LogP) is 4.86. The van der Waals surface area contributed by atoms with E-state index in [-0.39, 0.29) is 35.0 Å². The maximum Gasteiger partial charge on any atom is 0.309 e. The minimum atomic E-state index is -0.0567. The number of halogens is 2. The number of rotatable bonds is 5. The number of nitrogens with one attached hydrogen (secondary N) is 1. The topological polar surface area (TPSA) is 53.9 Å². The van der Waals surface area contributed by atoms with Crippen LogP contribution in [0.1, 0.15) is 36.9 Å². The first-order valence-corrected chi connectivity index (χ1v) is 12.5. The first kappa shape index (κ1) is 21.2. The molecule has 6 unspecified atom stereocenters. The normalized spacial score (nSPS) is 31.7. The minimum Gasteiger partial charge on any atom is -0.466 e. The zero-order chi connectivity index (χ0) is 21.5. The van der Waals surface area contributed by atoms with Gasteiger partial charge in [-0.15, -0.1) is 0 Å². The Morgan fingerprint density at radius 1 is 1.19 bits per heavy atom. The number of benzene rings is 2. The van der Waals surface area contributed by atoms with E-state index in [4.69, 9.17) is 9.84 Å². The van der Waals surface area contributed by atoms with E-state index in [1.165, 1.54) is 5.56 Å². The van der Waals surface area contributed by atoms with Crippen molar-refractivity contribution < 1.29 is 9.53 Å². The maximum atomic E-state index is 12.3. The third kappa shape index (κ3) is 4.08. The third-order valence-corrected chi connectivity index (χ3v) is 7.90. The van der Waals surface area contributed by atoms with Gasteiger partial charge in [-0.25, -0.2) is 0 Å². The molecule has 2 heterocycles. The van der Waals surface area contributed by atoms with Crippen molar-refractivity contribution in [2.75, 3.05) is 6.61 Å². The van der Waals surface area contributed by atoms with Crippen LogP contribution in [0.3, 0.4) is 0 Å². The van der Waals surface area contributed by atoms with Gasteiger partial charge in [0.05, 0.1) is 29.1 Å². The largest absolute Gasteiger partial charge is 0.466 e. The molecule has 162 valence electrons. The Labute approximate surface area is 199 Å². The van der Waals surface area contributed by atoms with Crippen molar-refractivity contribution in [3.05, 3.63) is 70.2 Å². The van der Waals surface area contributed by atoms with E-state index in [1.807, 2.05) is 31.2 Å². The number of hydrogen-bond donors (Lipinski definition) is 1. The van der Waals surface area contributed by atoms with Crippen molar-refractivity contribution in [2.45, 2.75) is 42.8 Å². The number of alkyl halides is 1. The van der Waals surface area contributed by atoms with Crippen molar-refractivity contribution in [1.29, 1.82) is 0 Å². The van der Waals surface area contributed by atoms with Crippen molar-refractivity contribution in [3.63, 3.8) is 0 Å². The molecule has 0 amide bonds. The van der Waals surface area contributed by atoms with Crippen molar-refractivity contribution in [3.8, 4) is 0 Å². The molecule has 2 aliphatic heterocycles. The van der Waals surface area contributed by atoms with E-state index in [0.717, 1.165) is 28.6 Å². The highest BCUT2D eigenvalue weighted by molar-refractivity contribution is 9.10. The van der Waals surface area contributed by atoms with Gasteiger partial charge in [0.2, 0.25) is 0 Å². The first-order chi connectivity index (χ1) is 15.1. The second kappa shape index (κ2) is 8.68. The van der Waals surface area contributed by atoms with Crippen LogP contribution in [-0.4, -0.2) is 40.3 Å². The lowest BCUT2D eigenvalue weighted by atomic mass is 9.91. The summed E-state index contributed by atoms with van der Waals surface area (Å²) in [5.74, 6) is 0.270. The van der Waals surface area contributed by atoms with Gasteiger partial charge in [0.25, 0.3) is 0 Å². The molecular weight excluding hydrogens is 522 g/mol. The van der Waals surface area contributed by atoms with Crippen LogP contribution in [0.2, 0.25) is 0 Å². The van der Waals surface area contributed by atoms with Crippen LogP contribution in [0.25, 0.3) is 0 Å². The molecule has 0 bridgehead atoms.